The second-order valence-corrected chi connectivity index (χ2v) is 7.06. The van der Waals surface area contributed by atoms with E-state index in [-0.39, 0.29) is 35.3 Å². The molecular weight excluding hydrogens is 306 g/mol. The minimum absolute atomic E-state index is 0.0908. The van der Waals surface area contributed by atoms with E-state index in [9.17, 15) is 13.2 Å². The Morgan fingerprint density at radius 1 is 1.45 bits per heavy atom. The van der Waals surface area contributed by atoms with Crippen LogP contribution < -0.4 is 5.32 Å². The first-order chi connectivity index (χ1) is 9.41. The summed E-state index contributed by atoms with van der Waals surface area (Å²) < 4.78 is 27.9. The Balaban J connectivity index is 1.86. The van der Waals surface area contributed by atoms with Crippen LogP contribution in [0.5, 0.6) is 0 Å². The molecule has 1 atom stereocenters. The number of urea groups is 1. The molecule has 0 aromatic carbocycles. The average Bonchev–Trinajstić information content (AvgIpc) is 2.95. The van der Waals surface area contributed by atoms with Crippen molar-refractivity contribution >= 4 is 27.7 Å². The van der Waals surface area contributed by atoms with Crippen molar-refractivity contribution in [2.45, 2.75) is 11.1 Å². The lowest BCUT2D eigenvalue weighted by Gasteiger charge is -2.35. The third-order valence-electron chi connectivity index (χ3n) is 3.61. The van der Waals surface area contributed by atoms with E-state index in [1.807, 2.05) is 0 Å². The average molecular weight is 320 g/mol. The van der Waals surface area contributed by atoms with Gasteiger partial charge in [-0.15, -0.1) is 0 Å². The van der Waals surface area contributed by atoms with Crippen molar-refractivity contribution in [1.29, 1.82) is 0 Å². The summed E-state index contributed by atoms with van der Waals surface area (Å²) in [6, 6.07) is -0.267. The van der Waals surface area contributed by atoms with E-state index < -0.39 is 10.0 Å². The molecule has 1 aromatic rings. The maximum Gasteiger partial charge on any atom is 0.317 e. The second kappa shape index (κ2) is 4.61. The molecule has 1 aromatic heterocycles. The molecule has 1 N–H and O–H groups in total. The third-order valence-corrected chi connectivity index (χ3v) is 5.97. The van der Waals surface area contributed by atoms with Crippen LogP contribution in [0.1, 0.15) is 0 Å². The predicted octanol–water partition coefficient (Wildman–Crippen LogP) is -0.528. The molecule has 8 nitrogen and oxygen atoms in total. The lowest BCUT2D eigenvalue weighted by Crippen LogP contribution is -2.53. The summed E-state index contributed by atoms with van der Waals surface area (Å²) in [4.78, 5) is 17.0. The topological polar surface area (TPSA) is 87.5 Å². The van der Waals surface area contributed by atoms with Crippen molar-refractivity contribution in [3.05, 3.63) is 11.5 Å². The minimum Gasteiger partial charge on any atom is -0.336 e. The number of carbonyl (C=O) groups is 1. The van der Waals surface area contributed by atoms with E-state index in [0.29, 0.717) is 13.1 Å². The Bertz CT molecular complexity index is 658. The van der Waals surface area contributed by atoms with Gasteiger partial charge in [-0.1, -0.05) is 11.6 Å². The van der Waals surface area contributed by atoms with Gasteiger partial charge in [-0.3, -0.25) is 0 Å². The molecule has 2 fully saturated rings. The molecule has 3 heterocycles. The minimum atomic E-state index is -3.72. The first kappa shape index (κ1) is 13.7. The van der Waals surface area contributed by atoms with Gasteiger partial charge in [0.25, 0.3) is 10.0 Å². The van der Waals surface area contributed by atoms with Crippen LogP contribution in [-0.4, -0.2) is 65.4 Å². The van der Waals surface area contributed by atoms with Crippen LogP contribution in [-0.2, 0) is 17.1 Å². The number of aryl methyl sites for hydroxylation is 1. The van der Waals surface area contributed by atoms with E-state index in [0.717, 1.165) is 0 Å². The Morgan fingerprint density at radius 3 is 2.85 bits per heavy atom. The smallest absolute Gasteiger partial charge is 0.317 e. The first-order valence-corrected chi connectivity index (χ1v) is 7.94. The fourth-order valence-electron chi connectivity index (χ4n) is 2.48. The van der Waals surface area contributed by atoms with Crippen molar-refractivity contribution in [3.63, 3.8) is 0 Å². The highest BCUT2D eigenvalue weighted by Crippen LogP contribution is 2.25. The summed E-state index contributed by atoms with van der Waals surface area (Å²) >= 11 is 5.96. The summed E-state index contributed by atoms with van der Waals surface area (Å²) in [6.45, 7) is 1.34. The third kappa shape index (κ3) is 1.97. The van der Waals surface area contributed by atoms with Crippen LogP contribution in [0.4, 0.5) is 4.79 Å². The second-order valence-electron chi connectivity index (χ2n) is 4.85. The lowest BCUT2D eigenvalue weighted by molar-refractivity contribution is 0.164. The van der Waals surface area contributed by atoms with Crippen LogP contribution in [0.15, 0.2) is 11.4 Å². The number of sulfonamides is 1. The Hall–Kier alpha value is -1.32. The van der Waals surface area contributed by atoms with Gasteiger partial charge < -0.3 is 14.8 Å². The number of fused-ring (bicyclic) bond motifs is 1. The quantitative estimate of drug-likeness (QED) is 0.794. The molecule has 0 saturated carbocycles. The van der Waals surface area contributed by atoms with Gasteiger partial charge in [0, 0.05) is 33.2 Å². The van der Waals surface area contributed by atoms with Crippen LogP contribution in [0.25, 0.3) is 0 Å². The number of halogens is 1. The van der Waals surface area contributed by atoms with E-state index >= 15 is 0 Å². The number of hydrogen-bond acceptors (Lipinski definition) is 4. The largest absolute Gasteiger partial charge is 0.336 e. The standard InChI is InChI=1S/C10H14ClN5O3S/c1-14-6-13-9(8(14)11)20(18,19)15-2-3-16-7(5-15)4-12-10(16)17/h6-7H,2-5H2,1H3,(H,12,17). The zero-order valence-electron chi connectivity index (χ0n) is 10.8. The summed E-state index contributed by atoms with van der Waals surface area (Å²) in [7, 11) is -2.09. The highest BCUT2D eigenvalue weighted by molar-refractivity contribution is 7.89. The molecule has 2 amide bonds. The normalized spacial score (nSPS) is 23.8. The summed E-state index contributed by atoms with van der Waals surface area (Å²) in [5.74, 6) is 0. The zero-order chi connectivity index (χ0) is 14.5. The van der Waals surface area contributed by atoms with Gasteiger partial charge in [-0.05, 0) is 0 Å². The monoisotopic (exact) mass is 319 g/mol. The molecule has 110 valence electrons. The lowest BCUT2D eigenvalue weighted by atomic mass is 10.2. The number of nitrogens with one attached hydrogen (secondary N) is 1. The fourth-order valence-corrected chi connectivity index (χ4v) is 4.34. The molecule has 3 rings (SSSR count). The fraction of sp³-hybridized carbons (Fsp3) is 0.600. The highest BCUT2D eigenvalue weighted by atomic mass is 35.5. The molecule has 20 heavy (non-hydrogen) atoms. The van der Waals surface area contributed by atoms with Gasteiger partial charge in [0.05, 0.1) is 12.4 Å². The van der Waals surface area contributed by atoms with Crippen LogP contribution in [0.2, 0.25) is 5.15 Å². The van der Waals surface area contributed by atoms with Crippen LogP contribution in [0.3, 0.4) is 0 Å². The predicted molar refractivity (Wildman–Crippen MR) is 70.9 cm³/mol. The molecule has 0 radical (unpaired) electrons. The van der Waals surface area contributed by atoms with Crippen molar-refractivity contribution in [2.24, 2.45) is 7.05 Å². The summed E-state index contributed by atoms with van der Waals surface area (Å²) in [6.07, 6.45) is 1.37. The van der Waals surface area contributed by atoms with Crippen molar-refractivity contribution < 1.29 is 13.2 Å². The van der Waals surface area contributed by atoms with Gasteiger partial charge in [0.1, 0.15) is 5.15 Å². The number of amides is 2. The molecule has 0 spiro atoms. The van der Waals surface area contributed by atoms with Gasteiger partial charge in [-0.2, -0.15) is 4.31 Å². The van der Waals surface area contributed by atoms with Crippen molar-refractivity contribution in [3.8, 4) is 0 Å². The number of nitrogens with zero attached hydrogens (tertiary/aromatic N) is 4. The molecule has 0 aliphatic carbocycles. The van der Waals surface area contributed by atoms with Crippen LogP contribution in [0, 0.1) is 0 Å². The van der Waals surface area contributed by atoms with Gasteiger partial charge in [0.2, 0.25) is 5.03 Å². The van der Waals surface area contributed by atoms with Gasteiger partial charge in [0.15, 0.2) is 0 Å². The molecule has 2 saturated heterocycles. The summed E-state index contributed by atoms with van der Waals surface area (Å²) in [5.41, 5.74) is 0. The van der Waals surface area contributed by atoms with Crippen molar-refractivity contribution in [1.82, 2.24) is 24.1 Å². The summed E-state index contributed by atoms with van der Waals surface area (Å²) in [5, 5.41) is 2.67. The van der Waals surface area contributed by atoms with Crippen LogP contribution >= 0.6 is 11.6 Å². The molecule has 1 unspecified atom stereocenters. The van der Waals surface area contributed by atoms with E-state index in [2.05, 4.69) is 10.3 Å². The van der Waals surface area contributed by atoms with Crippen molar-refractivity contribution in [2.75, 3.05) is 26.2 Å². The Morgan fingerprint density at radius 2 is 2.20 bits per heavy atom. The number of carbonyl (C=O) groups excluding carboxylic acids is 1. The van der Waals surface area contributed by atoms with E-state index in [1.54, 1.807) is 11.9 Å². The van der Waals surface area contributed by atoms with E-state index in [1.165, 1.54) is 15.2 Å². The molecule has 0 bridgehead atoms. The Kier molecular flexibility index (Phi) is 3.14. The number of aromatic nitrogens is 2. The maximum absolute atomic E-state index is 12.5. The van der Waals surface area contributed by atoms with Gasteiger partial charge in [-0.25, -0.2) is 18.2 Å². The van der Waals surface area contributed by atoms with E-state index in [4.69, 9.17) is 11.6 Å². The number of rotatable bonds is 2. The number of piperazine rings is 1. The first-order valence-electron chi connectivity index (χ1n) is 6.12. The Labute approximate surface area is 121 Å². The molecular formula is C10H14ClN5O3S. The highest BCUT2D eigenvalue weighted by Gasteiger charge is 2.41. The molecule has 10 heteroatoms. The number of hydrogen-bond donors (Lipinski definition) is 1. The zero-order valence-corrected chi connectivity index (χ0v) is 12.4. The SMILES string of the molecule is Cn1cnc(S(=O)(=O)N2CCN3C(=O)NCC3C2)c1Cl. The number of imidazole rings is 1. The van der Waals surface area contributed by atoms with Gasteiger partial charge >= 0.3 is 6.03 Å². The molecule has 2 aliphatic rings. The maximum atomic E-state index is 12.5. The molecule has 2 aliphatic heterocycles.